The first-order valence-corrected chi connectivity index (χ1v) is 9.45. The van der Waals surface area contributed by atoms with Crippen LogP contribution in [0.25, 0.3) is 10.2 Å². The van der Waals surface area contributed by atoms with E-state index in [1.54, 1.807) is 31.1 Å². The lowest BCUT2D eigenvalue weighted by Crippen LogP contribution is -2.30. The molecular weight excluding hydrogens is 348 g/mol. The summed E-state index contributed by atoms with van der Waals surface area (Å²) < 4.78 is 11.9. The second-order valence-electron chi connectivity index (χ2n) is 6.30. The number of fused-ring (bicyclic) bond motifs is 1. The summed E-state index contributed by atoms with van der Waals surface area (Å²) in [5, 5.41) is 0. The number of aromatic nitrogens is 1. The SMILES string of the molecule is COc1ccc(C2CCCN2C(=O)c2ccc3ncsc3c2)c(OC)c1. The van der Waals surface area contributed by atoms with Gasteiger partial charge in [0.25, 0.3) is 5.91 Å². The van der Waals surface area contributed by atoms with Crippen LogP contribution in [0.4, 0.5) is 0 Å². The Labute approximate surface area is 156 Å². The van der Waals surface area contributed by atoms with Crippen LogP contribution in [-0.4, -0.2) is 36.6 Å². The Morgan fingerprint density at radius 3 is 2.88 bits per heavy atom. The second kappa shape index (κ2) is 6.96. The number of thiazole rings is 1. The van der Waals surface area contributed by atoms with Gasteiger partial charge >= 0.3 is 0 Å². The quantitative estimate of drug-likeness (QED) is 0.689. The Morgan fingerprint density at radius 2 is 2.08 bits per heavy atom. The number of carbonyl (C=O) groups excluding carboxylic acids is 1. The number of benzene rings is 2. The molecule has 1 atom stereocenters. The molecule has 1 aliphatic rings. The molecule has 0 aliphatic carbocycles. The first-order valence-electron chi connectivity index (χ1n) is 8.57. The highest BCUT2D eigenvalue weighted by atomic mass is 32.1. The molecule has 134 valence electrons. The first-order chi connectivity index (χ1) is 12.7. The van der Waals surface area contributed by atoms with Crippen molar-refractivity contribution in [2.45, 2.75) is 18.9 Å². The fourth-order valence-corrected chi connectivity index (χ4v) is 4.30. The van der Waals surface area contributed by atoms with Gasteiger partial charge in [-0.1, -0.05) is 0 Å². The smallest absolute Gasteiger partial charge is 0.254 e. The molecule has 1 saturated heterocycles. The number of carbonyl (C=O) groups is 1. The maximum atomic E-state index is 13.2. The van der Waals surface area contributed by atoms with Gasteiger partial charge in [-0.25, -0.2) is 4.98 Å². The monoisotopic (exact) mass is 368 g/mol. The third kappa shape index (κ3) is 2.90. The van der Waals surface area contributed by atoms with Gasteiger partial charge in [0.1, 0.15) is 11.5 Å². The molecule has 5 nitrogen and oxygen atoms in total. The number of likely N-dealkylation sites (tertiary alicyclic amines) is 1. The van der Waals surface area contributed by atoms with Crippen molar-refractivity contribution in [3.05, 3.63) is 53.0 Å². The van der Waals surface area contributed by atoms with Crippen molar-refractivity contribution in [2.75, 3.05) is 20.8 Å². The lowest BCUT2D eigenvalue weighted by molar-refractivity contribution is 0.0734. The maximum absolute atomic E-state index is 13.2. The minimum Gasteiger partial charge on any atom is -0.497 e. The van der Waals surface area contributed by atoms with E-state index < -0.39 is 0 Å². The van der Waals surface area contributed by atoms with E-state index in [9.17, 15) is 4.79 Å². The molecule has 0 radical (unpaired) electrons. The third-order valence-electron chi connectivity index (χ3n) is 4.89. The summed E-state index contributed by atoms with van der Waals surface area (Å²) in [6, 6.07) is 11.5. The summed E-state index contributed by atoms with van der Waals surface area (Å²) >= 11 is 1.55. The fourth-order valence-electron chi connectivity index (χ4n) is 3.58. The molecule has 2 heterocycles. The second-order valence-corrected chi connectivity index (χ2v) is 7.19. The van der Waals surface area contributed by atoms with Gasteiger partial charge in [0.15, 0.2) is 0 Å². The standard InChI is InChI=1S/C20H20N2O3S/c1-24-14-6-7-15(18(11-14)25-2)17-4-3-9-22(17)20(23)13-5-8-16-19(10-13)26-12-21-16/h5-8,10-12,17H,3-4,9H2,1-2H3. The zero-order valence-electron chi connectivity index (χ0n) is 14.8. The Balaban J connectivity index is 1.66. The first kappa shape index (κ1) is 16.8. The number of hydrogen-bond acceptors (Lipinski definition) is 5. The lowest BCUT2D eigenvalue weighted by Gasteiger charge is -2.26. The number of amides is 1. The van der Waals surface area contributed by atoms with Gasteiger partial charge < -0.3 is 14.4 Å². The van der Waals surface area contributed by atoms with Crippen molar-refractivity contribution in [1.29, 1.82) is 0 Å². The number of nitrogens with zero attached hydrogens (tertiary/aromatic N) is 2. The third-order valence-corrected chi connectivity index (χ3v) is 5.68. The van der Waals surface area contributed by atoms with Crippen molar-refractivity contribution < 1.29 is 14.3 Å². The Hall–Kier alpha value is -2.60. The lowest BCUT2D eigenvalue weighted by atomic mass is 10.0. The predicted octanol–water partition coefficient (Wildman–Crippen LogP) is 4.29. The van der Waals surface area contributed by atoms with Gasteiger partial charge in [-0.15, -0.1) is 11.3 Å². The summed E-state index contributed by atoms with van der Waals surface area (Å²) in [6.07, 6.45) is 1.91. The van der Waals surface area contributed by atoms with E-state index in [1.165, 1.54) is 0 Å². The molecule has 6 heteroatoms. The van der Waals surface area contributed by atoms with Gasteiger partial charge in [0.05, 0.1) is 36.0 Å². The van der Waals surface area contributed by atoms with Crippen LogP contribution >= 0.6 is 11.3 Å². The van der Waals surface area contributed by atoms with Crippen LogP contribution in [-0.2, 0) is 0 Å². The van der Waals surface area contributed by atoms with Crippen molar-refractivity contribution >= 4 is 27.5 Å². The van der Waals surface area contributed by atoms with Gasteiger partial charge in [-0.2, -0.15) is 0 Å². The van der Waals surface area contributed by atoms with E-state index in [-0.39, 0.29) is 11.9 Å². The van der Waals surface area contributed by atoms with E-state index in [0.717, 1.165) is 46.7 Å². The summed E-state index contributed by atoms with van der Waals surface area (Å²) in [4.78, 5) is 19.4. The number of hydrogen-bond donors (Lipinski definition) is 0. The number of rotatable bonds is 4. The summed E-state index contributed by atoms with van der Waals surface area (Å²) in [6.45, 7) is 0.749. The molecule has 3 aromatic rings. The summed E-state index contributed by atoms with van der Waals surface area (Å²) in [5.41, 5.74) is 4.47. The Kier molecular flexibility index (Phi) is 4.51. The maximum Gasteiger partial charge on any atom is 0.254 e. The Morgan fingerprint density at radius 1 is 1.19 bits per heavy atom. The highest BCUT2D eigenvalue weighted by molar-refractivity contribution is 7.16. The molecule has 1 fully saturated rings. The Bertz CT molecular complexity index is 953. The molecule has 2 aromatic carbocycles. The molecule has 0 saturated carbocycles. The van der Waals surface area contributed by atoms with Crippen LogP contribution in [0.2, 0.25) is 0 Å². The minimum atomic E-state index is 0.0144. The summed E-state index contributed by atoms with van der Waals surface area (Å²) in [7, 11) is 3.28. The normalized spacial score (nSPS) is 16.8. The molecule has 0 bridgehead atoms. The van der Waals surface area contributed by atoms with E-state index >= 15 is 0 Å². The van der Waals surface area contributed by atoms with Crippen molar-refractivity contribution in [3.8, 4) is 11.5 Å². The van der Waals surface area contributed by atoms with Crippen LogP contribution < -0.4 is 9.47 Å². The molecule has 26 heavy (non-hydrogen) atoms. The van der Waals surface area contributed by atoms with E-state index in [2.05, 4.69) is 4.98 Å². The van der Waals surface area contributed by atoms with E-state index in [0.29, 0.717) is 5.56 Å². The van der Waals surface area contributed by atoms with Crippen molar-refractivity contribution in [2.24, 2.45) is 0 Å². The highest BCUT2D eigenvalue weighted by Gasteiger charge is 2.32. The molecule has 1 aromatic heterocycles. The van der Waals surface area contributed by atoms with Crippen molar-refractivity contribution in [1.82, 2.24) is 9.88 Å². The van der Waals surface area contributed by atoms with Crippen LogP contribution in [0.5, 0.6) is 11.5 Å². The fraction of sp³-hybridized carbons (Fsp3) is 0.300. The molecular formula is C20H20N2O3S. The van der Waals surface area contributed by atoms with Gasteiger partial charge in [0.2, 0.25) is 0 Å². The molecule has 0 spiro atoms. The van der Waals surface area contributed by atoms with Gasteiger partial charge in [-0.05, 0) is 43.2 Å². The van der Waals surface area contributed by atoms with Crippen LogP contribution in [0.1, 0.15) is 34.8 Å². The topological polar surface area (TPSA) is 51.7 Å². The van der Waals surface area contributed by atoms with E-state index in [4.69, 9.17) is 9.47 Å². The summed E-state index contributed by atoms with van der Waals surface area (Å²) in [5.74, 6) is 1.56. The van der Waals surface area contributed by atoms with Crippen LogP contribution in [0, 0.1) is 0 Å². The molecule has 1 unspecified atom stereocenters. The molecule has 1 aliphatic heterocycles. The molecule has 1 amide bonds. The molecule has 4 rings (SSSR count). The van der Waals surface area contributed by atoms with Crippen LogP contribution in [0.3, 0.4) is 0 Å². The minimum absolute atomic E-state index is 0.0144. The number of methoxy groups -OCH3 is 2. The average Bonchev–Trinajstić information content (AvgIpc) is 3.35. The zero-order chi connectivity index (χ0) is 18.1. The van der Waals surface area contributed by atoms with E-state index in [1.807, 2.05) is 41.3 Å². The predicted molar refractivity (Wildman–Crippen MR) is 102 cm³/mol. The van der Waals surface area contributed by atoms with Gasteiger partial charge in [0, 0.05) is 23.7 Å². The van der Waals surface area contributed by atoms with Crippen molar-refractivity contribution in [3.63, 3.8) is 0 Å². The largest absolute Gasteiger partial charge is 0.497 e. The molecule has 0 N–H and O–H groups in total. The van der Waals surface area contributed by atoms with Crippen LogP contribution in [0.15, 0.2) is 41.9 Å². The highest BCUT2D eigenvalue weighted by Crippen LogP contribution is 2.39. The zero-order valence-corrected chi connectivity index (χ0v) is 15.6. The van der Waals surface area contributed by atoms with Gasteiger partial charge in [-0.3, -0.25) is 4.79 Å². The average molecular weight is 368 g/mol. The number of ether oxygens (including phenoxy) is 2.